The average molecular weight is 316 g/mol. The Bertz CT molecular complexity index is 550. The Morgan fingerprint density at radius 3 is 2.43 bits per heavy atom. The molecule has 1 unspecified atom stereocenters. The normalized spacial score (nSPS) is 26.6. The second-order valence-corrected chi connectivity index (χ2v) is 7.90. The maximum absolute atomic E-state index is 6.22. The van der Waals surface area contributed by atoms with Crippen LogP contribution in [-0.4, -0.2) is 34.6 Å². The molecule has 3 rings (SSSR count). The zero-order valence-electron chi connectivity index (χ0n) is 14.7. The lowest BCUT2D eigenvalue weighted by atomic mass is 9.82. The summed E-state index contributed by atoms with van der Waals surface area (Å²) in [6, 6.07) is 10.2. The molecule has 1 atom stereocenters. The predicted molar refractivity (Wildman–Crippen MR) is 92.3 cm³/mol. The Labute approximate surface area is 139 Å². The standard InChI is InChI=1S/C19H28N2O2/c1-18(2)11-8-12-19(3,4)21(18)22-14-16-13-17(20-23-16)15-9-6-5-7-10-15/h5-7,9-10,16H,8,11-14H2,1-4H3. The molecule has 0 spiro atoms. The molecule has 0 saturated carbocycles. The molecule has 2 heterocycles. The van der Waals surface area contributed by atoms with E-state index in [1.165, 1.54) is 6.42 Å². The highest BCUT2D eigenvalue weighted by atomic mass is 16.7. The van der Waals surface area contributed by atoms with Crippen LogP contribution in [0.4, 0.5) is 0 Å². The lowest BCUT2D eigenvalue weighted by Crippen LogP contribution is -2.58. The highest BCUT2D eigenvalue weighted by molar-refractivity contribution is 6.01. The van der Waals surface area contributed by atoms with E-state index in [2.05, 4.69) is 50.0 Å². The molecule has 1 aromatic rings. The van der Waals surface area contributed by atoms with Gasteiger partial charge < -0.3 is 4.84 Å². The summed E-state index contributed by atoms with van der Waals surface area (Å²) in [6.45, 7) is 9.59. The molecule has 4 nitrogen and oxygen atoms in total. The van der Waals surface area contributed by atoms with Crippen LogP contribution in [0.3, 0.4) is 0 Å². The minimum absolute atomic E-state index is 0.00117. The van der Waals surface area contributed by atoms with E-state index in [0.717, 1.165) is 30.5 Å². The van der Waals surface area contributed by atoms with Gasteiger partial charge in [-0.2, -0.15) is 5.06 Å². The maximum Gasteiger partial charge on any atom is 0.158 e. The molecule has 1 aromatic carbocycles. The molecule has 23 heavy (non-hydrogen) atoms. The Morgan fingerprint density at radius 2 is 1.78 bits per heavy atom. The fraction of sp³-hybridized carbons (Fsp3) is 0.632. The van der Waals surface area contributed by atoms with Gasteiger partial charge in [0.2, 0.25) is 0 Å². The summed E-state index contributed by atoms with van der Waals surface area (Å²) in [6.07, 6.45) is 4.38. The highest BCUT2D eigenvalue weighted by Gasteiger charge is 2.43. The van der Waals surface area contributed by atoms with Crippen molar-refractivity contribution in [2.75, 3.05) is 6.61 Å². The molecule has 126 valence electrons. The molecule has 2 aliphatic heterocycles. The minimum atomic E-state index is -0.00117. The van der Waals surface area contributed by atoms with Gasteiger partial charge in [-0.1, -0.05) is 35.5 Å². The first-order chi connectivity index (χ1) is 10.9. The summed E-state index contributed by atoms with van der Waals surface area (Å²) in [5, 5.41) is 6.43. The zero-order chi connectivity index (χ0) is 16.5. The van der Waals surface area contributed by atoms with Crippen LogP contribution in [0.2, 0.25) is 0 Å². The Kier molecular flexibility index (Phi) is 4.47. The number of oxime groups is 1. The SMILES string of the molecule is CC1(C)CCCC(C)(C)N1OCC1CC(c2ccccc2)=NO1. The molecule has 0 aromatic heterocycles. The van der Waals surface area contributed by atoms with E-state index < -0.39 is 0 Å². The van der Waals surface area contributed by atoms with Crippen molar-refractivity contribution in [3.63, 3.8) is 0 Å². The summed E-state index contributed by atoms with van der Waals surface area (Å²) >= 11 is 0. The molecule has 0 aliphatic carbocycles. The van der Waals surface area contributed by atoms with Crippen molar-refractivity contribution in [2.45, 2.75) is 70.6 Å². The Morgan fingerprint density at radius 1 is 1.13 bits per heavy atom. The first-order valence-electron chi connectivity index (χ1n) is 8.60. The molecule has 0 radical (unpaired) electrons. The predicted octanol–water partition coefficient (Wildman–Crippen LogP) is 4.15. The van der Waals surface area contributed by atoms with E-state index >= 15 is 0 Å². The third-order valence-electron chi connectivity index (χ3n) is 4.91. The molecule has 0 bridgehead atoms. The number of benzene rings is 1. The summed E-state index contributed by atoms with van der Waals surface area (Å²) in [5.41, 5.74) is 2.26. The van der Waals surface area contributed by atoms with Gasteiger partial charge in [0.15, 0.2) is 6.10 Å². The number of hydrogen-bond acceptors (Lipinski definition) is 4. The summed E-state index contributed by atoms with van der Waals surface area (Å²) < 4.78 is 0. The summed E-state index contributed by atoms with van der Waals surface area (Å²) in [7, 11) is 0. The smallest absolute Gasteiger partial charge is 0.158 e. The average Bonchev–Trinajstić information content (AvgIpc) is 2.95. The first-order valence-corrected chi connectivity index (χ1v) is 8.60. The van der Waals surface area contributed by atoms with Gasteiger partial charge in [-0.3, -0.25) is 4.84 Å². The lowest BCUT2D eigenvalue weighted by molar-refractivity contribution is -0.290. The van der Waals surface area contributed by atoms with Gasteiger partial charge in [0.1, 0.15) is 6.61 Å². The van der Waals surface area contributed by atoms with Gasteiger partial charge in [0.25, 0.3) is 0 Å². The number of piperidine rings is 1. The van der Waals surface area contributed by atoms with E-state index in [9.17, 15) is 0 Å². The van der Waals surface area contributed by atoms with Gasteiger partial charge >= 0.3 is 0 Å². The molecule has 1 fully saturated rings. The fourth-order valence-corrected chi connectivity index (χ4v) is 3.80. The molecule has 0 N–H and O–H groups in total. The number of nitrogens with zero attached hydrogens (tertiary/aromatic N) is 2. The third-order valence-corrected chi connectivity index (χ3v) is 4.91. The monoisotopic (exact) mass is 316 g/mol. The van der Waals surface area contributed by atoms with Crippen molar-refractivity contribution < 1.29 is 9.68 Å². The van der Waals surface area contributed by atoms with Crippen LogP contribution >= 0.6 is 0 Å². The van der Waals surface area contributed by atoms with E-state index in [1.807, 2.05) is 18.2 Å². The Balaban J connectivity index is 1.57. The van der Waals surface area contributed by atoms with Gasteiger partial charge in [-0.05, 0) is 52.5 Å². The third kappa shape index (κ3) is 3.59. The molecular formula is C19H28N2O2. The quantitative estimate of drug-likeness (QED) is 0.836. The van der Waals surface area contributed by atoms with Crippen LogP contribution in [0.1, 0.15) is 58.9 Å². The van der Waals surface area contributed by atoms with Crippen molar-refractivity contribution in [1.82, 2.24) is 5.06 Å². The zero-order valence-corrected chi connectivity index (χ0v) is 14.7. The lowest BCUT2D eigenvalue weighted by Gasteiger charge is -2.51. The second-order valence-electron chi connectivity index (χ2n) is 7.90. The van der Waals surface area contributed by atoms with E-state index in [4.69, 9.17) is 9.68 Å². The van der Waals surface area contributed by atoms with E-state index in [0.29, 0.717) is 6.61 Å². The van der Waals surface area contributed by atoms with Crippen molar-refractivity contribution in [1.29, 1.82) is 0 Å². The van der Waals surface area contributed by atoms with Crippen molar-refractivity contribution in [2.24, 2.45) is 5.16 Å². The largest absolute Gasteiger partial charge is 0.389 e. The van der Waals surface area contributed by atoms with E-state index in [-0.39, 0.29) is 17.2 Å². The summed E-state index contributed by atoms with van der Waals surface area (Å²) in [4.78, 5) is 11.8. The number of hydroxylamine groups is 2. The number of hydrogen-bond donors (Lipinski definition) is 0. The highest BCUT2D eigenvalue weighted by Crippen LogP contribution is 2.38. The van der Waals surface area contributed by atoms with Crippen LogP contribution in [-0.2, 0) is 9.68 Å². The van der Waals surface area contributed by atoms with Crippen LogP contribution < -0.4 is 0 Å². The van der Waals surface area contributed by atoms with Crippen molar-refractivity contribution in [3.05, 3.63) is 35.9 Å². The first kappa shape index (κ1) is 16.5. The number of rotatable bonds is 4. The van der Waals surface area contributed by atoms with E-state index in [1.54, 1.807) is 0 Å². The van der Waals surface area contributed by atoms with Gasteiger partial charge in [-0.15, -0.1) is 0 Å². The van der Waals surface area contributed by atoms with Crippen molar-refractivity contribution >= 4 is 5.71 Å². The van der Waals surface area contributed by atoms with Crippen molar-refractivity contribution in [3.8, 4) is 0 Å². The Hall–Kier alpha value is -1.39. The molecule has 1 saturated heterocycles. The second kappa shape index (κ2) is 6.25. The van der Waals surface area contributed by atoms with Gasteiger partial charge in [-0.25, -0.2) is 0 Å². The fourth-order valence-electron chi connectivity index (χ4n) is 3.80. The van der Waals surface area contributed by atoms with Crippen LogP contribution in [0.15, 0.2) is 35.5 Å². The molecule has 4 heteroatoms. The molecule has 2 aliphatic rings. The van der Waals surface area contributed by atoms with Gasteiger partial charge in [0, 0.05) is 17.5 Å². The van der Waals surface area contributed by atoms with Gasteiger partial charge in [0.05, 0.1) is 5.71 Å². The topological polar surface area (TPSA) is 34.1 Å². The van der Waals surface area contributed by atoms with Crippen LogP contribution in [0, 0.1) is 0 Å². The molecular weight excluding hydrogens is 288 g/mol. The maximum atomic E-state index is 6.22. The van der Waals surface area contributed by atoms with Crippen LogP contribution in [0.25, 0.3) is 0 Å². The van der Waals surface area contributed by atoms with Crippen LogP contribution in [0.5, 0.6) is 0 Å². The minimum Gasteiger partial charge on any atom is -0.389 e. The summed E-state index contributed by atoms with van der Waals surface area (Å²) in [5.74, 6) is 0. The molecule has 0 amide bonds.